The average Bonchev–Trinajstić information content (AvgIpc) is 3.12. The van der Waals surface area contributed by atoms with Crippen molar-refractivity contribution in [2.24, 2.45) is 5.92 Å². The van der Waals surface area contributed by atoms with Crippen molar-refractivity contribution >= 4 is 49.6 Å². The van der Waals surface area contributed by atoms with Crippen LogP contribution in [0.25, 0.3) is 10.2 Å². The first kappa shape index (κ1) is 16.2. The molecule has 4 rings (SSSR count). The van der Waals surface area contributed by atoms with E-state index in [0.29, 0.717) is 0 Å². The molecule has 128 valence electrons. The second-order valence-corrected chi connectivity index (χ2v) is 7.89. The molecule has 2 aromatic heterocycles. The molecule has 25 heavy (non-hydrogen) atoms. The number of hydrogen-bond donors (Lipinski definition) is 1. The minimum Gasteiger partial charge on any atom is -0.348 e. The Labute approximate surface area is 152 Å². The lowest BCUT2D eigenvalue weighted by Gasteiger charge is -2.31. The van der Waals surface area contributed by atoms with Crippen LogP contribution >= 0.6 is 22.7 Å². The van der Waals surface area contributed by atoms with Gasteiger partial charge in [-0.1, -0.05) is 29.5 Å². The van der Waals surface area contributed by atoms with E-state index in [2.05, 4.69) is 15.2 Å². The molecule has 0 saturated carbocycles. The van der Waals surface area contributed by atoms with Gasteiger partial charge < -0.3 is 10.2 Å². The van der Waals surface area contributed by atoms with Crippen LogP contribution < -0.4 is 15.0 Å². The number of amides is 1. The molecule has 0 unspecified atom stereocenters. The van der Waals surface area contributed by atoms with Crippen molar-refractivity contribution in [3.63, 3.8) is 0 Å². The topological polar surface area (TPSA) is 62.3 Å². The highest BCUT2D eigenvalue weighted by Gasteiger charge is 2.26. The molecule has 1 aliphatic rings. The third kappa shape index (κ3) is 3.43. The van der Waals surface area contributed by atoms with Crippen molar-refractivity contribution in [3.05, 3.63) is 51.3 Å². The fourth-order valence-electron chi connectivity index (χ4n) is 3.03. The van der Waals surface area contributed by atoms with Crippen molar-refractivity contribution in [1.82, 2.24) is 4.98 Å². The number of piperidine rings is 1. The Hall–Kier alpha value is -2.25. The Balaban J connectivity index is 1.42. The Morgan fingerprint density at radius 2 is 1.92 bits per heavy atom. The third-order valence-electron chi connectivity index (χ3n) is 4.41. The smallest absolute Gasteiger partial charge is 0.255 e. The lowest BCUT2D eigenvalue weighted by Crippen LogP contribution is -2.38. The maximum Gasteiger partial charge on any atom is 0.255 e. The predicted octanol–water partition coefficient (Wildman–Crippen LogP) is 3.57. The zero-order valence-electron chi connectivity index (χ0n) is 13.5. The molecule has 0 radical (unpaired) electrons. The fourth-order valence-corrected chi connectivity index (χ4v) is 4.78. The normalized spacial score (nSPS) is 15.4. The van der Waals surface area contributed by atoms with Crippen LogP contribution in [0.15, 0.2) is 46.6 Å². The molecule has 0 atom stereocenters. The van der Waals surface area contributed by atoms with Gasteiger partial charge in [-0.05, 0) is 36.4 Å². The van der Waals surface area contributed by atoms with Crippen LogP contribution in [0.5, 0.6) is 0 Å². The highest BCUT2D eigenvalue weighted by atomic mass is 32.1. The van der Waals surface area contributed by atoms with Gasteiger partial charge >= 0.3 is 0 Å². The van der Waals surface area contributed by atoms with Crippen LogP contribution in [-0.4, -0.2) is 24.0 Å². The quantitative estimate of drug-likeness (QED) is 0.764. The number of anilines is 2. The van der Waals surface area contributed by atoms with E-state index in [9.17, 15) is 9.59 Å². The minimum atomic E-state index is -0.00180. The Bertz CT molecular complexity index is 944. The van der Waals surface area contributed by atoms with Gasteiger partial charge in [0.15, 0.2) is 5.13 Å². The number of fused-ring (bicyclic) bond motifs is 1. The zero-order valence-corrected chi connectivity index (χ0v) is 15.1. The molecule has 0 aliphatic carbocycles. The summed E-state index contributed by atoms with van der Waals surface area (Å²) in [4.78, 5) is 31.3. The van der Waals surface area contributed by atoms with E-state index in [4.69, 9.17) is 0 Å². The van der Waals surface area contributed by atoms with Gasteiger partial charge in [0.1, 0.15) is 4.70 Å². The lowest BCUT2D eigenvalue weighted by atomic mass is 9.96. The molecule has 1 aromatic carbocycles. The number of nitrogens with zero attached hydrogens (tertiary/aromatic N) is 2. The summed E-state index contributed by atoms with van der Waals surface area (Å²) in [6.07, 6.45) is 1.53. The van der Waals surface area contributed by atoms with E-state index >= 15 is 0 Å². The monoisotopic (exact) mass is 371 g/mol. The van der Waals surface area contributed by atoms with Gasteiger partial charge in [-0.3, -0.25) is 9.59 Å². The summed E-state index contributed by atoms with van der Waals surface area (Å²) in [6.45, 7) is 1.48. The van der Waals surface area contributed by atoms with E-state index in [-0.39, 0.29) is 16.6 Å². The Kier molecular flexibility index (Phi) is 4.50. The van der Waals surface area contributed by atoms with Gasteiger partial charge in [0.2, 0.25) is 5.91 Å². The molecule has 0 bridgehead atoms. The minimum absolute atomic E-state index is 0.00180. The SMILES string of the molecule is O=C(Nc1ccccc1)C1CCN(c2nc3ccsc3c(=O)s2)CC1. The zero-order chi connectivity index (χ0) is 17.2. The summed E-state index contributed by atoms with van der Waals surface area (Å²) in [7, 11) is 0. The molecule has 3 heterocycles. The van der Waals surface area contributed by atoms with Gasteiger partial charge in [0.25, 0.3) is 4.74 Å². The first-order chi connectivity index (χ1) is 12.2. The molecule has 3 aromatic rings. The maximum atomic E-state index is 12.4. The number of rotatable bonds is 3. The van der Waals surface area contributed by atoms with Gasteiger partial charge in [-0.2, -0.15) is 0 Å². The van der Waals surface area contributed by atoms with Crippen molar-refractivity contribution in [3.8, 4) is 0 Å². The summed E-state index contributed by atoms with van der Waals surface area (Å²) in [6, 6.07) is 11.4. The number of benzene rings is 1. The Morgan fingerprint density at radius 3 is 2.68 bits per heavy atom. The van der Waals surface area contributed by atoms with Gasteiger partial charge in [0.05, 0.1) is 5.52 Å². The molecule has 1 aliphatic heterocycles. The van der Waals surface area contributed by atoms with E-state index in [1.165, 1.54) is 22.7 Å². The first-order valence-corrected chi connectivity index (χ1v) is 9.89. The number of carbonyl (C=O) groups excluding carboxylic acids is 1. The molecule has 1 N–H and O–H groups in total. The van der Waals surface area contributed by atoms with E-state index in [1.54, 1.807) is 0 Å². The van der Waals surface area contributed by atoms with Gasteiger partial charge in [0, 0.05) is 24.7 Å². The first-order valence-electron chi connectivity index (χ1n) is 8.20. The largest absolute Gasteiger partial charge is 0.348 e. The molecular weight excluding hydrogens is 354 g/mol. The molecule has 0 spiro atoms. The molecule has 1 fully saturated rings. The third-order valence-corrected chi connectivity index (χ3v) is 6.36. The van der Waals surface area contributed by atoms with Crippen LogP contribution in [0, 0.1) is 5.92 Å². The summed E-state index contributed by atoms with van der Waals surface area (Å²) in [5.74, 6) is 0.0679. The fraction of sp³-hybridized carbons (Fsp3) is 0.278. The van der Waals surface area contributed by atoms with Gasteiger partial charge in [-0.15, -0.1) is 11.3 Å². The summed E-state index contributed by atoms with van der Waals surface area (Å²) in [5.41, 5.74) is 1.60. The number of thiophene rings is 1. The predicted molar refractivity (Wildman–Crippen MR) is 104 cm³/mol. The molecule has 1 saturated heterocycles. The summed E-state index contributed by atoms with van der Waals surface area (Å²) in [5, 5.41) is 5.64. The van der Waals surface area contributed by atoms with Gasteiger partial charge in [-0.25, -0.2) is 4.98 Å². The second-order valence-electron chi connectivity index (χ2n) is 6.04. The molecule has 7 heteroatoms. The molecule has 1 amide bonds. The molecular formula is C18H17N3O2S2. The van der Waals surface area contributed by atoms with Crippen LogP contribution in [0.3, 0.4) is 0 Å². The van der Waals surface area contributed by atoms with Crippen LogP contribution in [-0.2, 0) is 4.79 Å². The van der Waals surface area contributed by atoms with Crippen LogP contribution in [0.1, 0.15) is 12.8 Å². The molecule has 5 nitrogen and oxygen atoms in total. The van der Waals surface area contributed by atoms with Crippen LogP contribution in [0.4, 0.5) is 10.8 Å². The highest BCUT2D eigenvalue weighted by molar-refractivity contribution is 7.21. The second kappa shape index (κ2) is 6.93. The number of nitrogens with one attached hydrogen (secondary N) is 1. The maximum absolute atomic E-state index is 12.4. The van der Waals surface area contributed by atoms with Crippen LogP contribution in [0.2, 0.25) is 0 Å². The Morgan fingerprint density at radius 1 is 1.16 bits per heavy atom. The van der Waals surface area contributed by atoms with E-state index in [0.717, 1.165) is 47.0 Å². The average molecular weight is 371 g/mol. The van der Waals surface area contributed by atoms with Crippen molar-refractivity contribution in [2.45, 2.75) is 12.8 Å². The van der Waals surface area contributed by atoms with Crippen molar-refractivity contribution in [2.75, 3.05) is 23.3 Å². The summed E-state index contributed by atoms with van der Waals surface area (Å²) < 4.78 is 0.796. The standard InChI is InChI=1S/C18H17N3O2S2/c22-16(19-13-4-2-1-3-5-13)12-6-9-21(10-7-12)18-20-14-8-11-24-15(14)17(23)25-18/h1-5,8,11-12H,6-7,9-10H2,(H,19,22). The van der Waals surface area contributed by atoms with E-state index in [1.807, 2.05) is 41.8 Å². The number of para-hydroxylation sites is 1. The number of hydrogen-bond acceptors (Lipinski definition) is 6. The number of carbonyl (C=O) groups is 1. The highest BCUT2D eigenvalue weighted by Crippen LogP contribution is 2.27. The van der Waals surface area contributed by atoms with Crippen molar-refractivity contribution < 1.29 is 4.79 Å². The van der Waals surface area contributed by atoms with E-state index < -0.39 is 0 Å². The lowest BCUT2D eigenvalue weighted by molar-refractivity contribution is -0.120. The number of aromatic nitrogens is 1. The van der Waals surface area contributed by atoms with Crippen molar-refractivity contribution in [1.29, 1.82) is 0 Å². The summed E-state index contributed by atoms with van der Waals surface area (Å²) >= 11 is 2.64.